The van der Waals surface area contributed by atoms with Gasteiger partial charge in [-0.1, -0.05) is 0 Å². The molecule has 0 bridgehead atoms. The van der Waals surface area contributed by atoms with E-state index in [2.05, 4.69) is 9.97 Å². The molecule has 0 aliphatic heterocycles. The van der Waals surface area contributed by atoms with Crippen LogP contribution in [0.1, 0.15) is 18.5 Å². The summed E-state index contributed by atoms with van der Waals surface area (Å²) in [6.07, 6.45) is 1.61. The molecule has 1 aromatic rings. The number of hydrogen-bond acceptors (Lipinski definition) is 3. The third kappa shape index (κ3) is 3.44. The minimum absolute atomic E-state index is 0.149. The fourth-order valence-electron chi connectivity index (χ4n) is 1.15. The van der Waals surface area contributed by atoms with Crippen molar-refractivity contribution in [2.45, 2.75) is 25.4 Å². The highest BCUT2D eigenvalue weighted by atomic mass is 16.3. The summed E-state index contributed by atoms with van der Waals surface area (Å²) in [5, 5.41) is 9.42. The molecule has 1 atom stereocenters. The molecule has 0 saturated heterocycles. The molecule has 6 heteroatoms. The standard InChI is InChI=1S/C8H13N3O3/c9-7(13)2-1-6(12)3-5-4-10-8(14)11-5/h4,6,12H,1-3H2,(H2,9,13)(H2,10,11,14). The van der Waals surface area contributed by atoms with Gasteiger partial charge < -0.3 is 20.8 Å². The van der Waals surface area contributed by atoms with Gasteiger partial charge in [0.05, 0.1) is 6.10 Å². The second kappa shape index (κ2) is 4.61. The van der Waals surface area contributed by atoms with E-state index in [0.717, 1.165) is 0 Å². The Balaban J connectivity index is 2.37. The van der Waals surface area contributed by atoms with Gasteiger partial charge in [0.25, 0.3) is 0 Å². The van der Waals surface area contributed by atoms with Gasteiger partial charge in [-0.05, 0) is 6.42 Å². The number of rotatable bonds is 5. The number of aliphatic hydroxyl groups is 1. The van der Waals surface area contributed by atoms with E-state index in [1.165, 1.54) is 6.20 Å². The van der Waals surface area contributed by atoms with Crippen molar-refractivity contribution in [3.63, 3.8) is 0 Å². The minimum Gasteiger partial charge on any atom is -0.393 e. The number of aromatic amines is 2. The number of carbonyl (C=O) groups excluding carboxylic acids is 1. The number of nitrogens with one attached hydrogen (secondary N) is 2. The first kappa shape index (κ1) is 10.5. The molecule has 0 fully saturated rings. The van der Waals surface area contributed by atoms with Gasteiger partial charge in [-0.3, -0.25) is 4.79 Å². The third-order valence-electron chi connectivity index (χ3n) is 1.83. The van der Waals surface area contributed by atoms with E-state index < -0.39 is 12.0 Å². The van der Waals surface area contributed by atoms with Crippen LogP contribution in [0.3, 0.4) is 0 Å². The van der Waals surface area contributed by atoms with Gasteiger partial charge in [0.2, 0.25) is 5.91 Å². The Morgan fingerprint density at radius 2 is 2.36 bits per heavy atom. The van der Waals surface area contributed by atoms with Crippen molar-refractivity contribution in [3.8, 4) is 0 Å². The van der Waals surface area contributed by atoms with Crippen molar-refractivity contribution in [2.75, 3.05) is 0 Å². The number of carbonyl (C=O) groups is 1. The van der Waals surface area contributed by atoms with E-state index in [9.17, 15) is 14.7 Å². The molecule has 1 rings (SSSR count). The normalized spacial score (nSPS) is 12.6. The van der Waals surface area contributed by atoms with E-state index >= 15 is 0 Å². The summed E-state index contributed by atoms with van der Waals surface area (Å²) in [4.78, 5) is 26.0. The summed E-state index contributed by atoms with van der Waals surface area (Å²) in [5.41, 5.74) is 5.24. The number of primary amides is 1. The van der Waals surface area contributed by atoms with Crippen molar-refractivity contribution in [1.29, 1.82) is 0 Å². The number of nitrogens with two attached hydrogens (primary N) is 1. The van der Waals surface area contributed by atoms with Crippen LogP contribution in [0, 0.1) is 0 Å². The topological polar surface area (TPSA) is 112 Å². The Labute approximate surface area is 80.1 Å². The molecule has 0 aliphatic rings. The van der Waals surface area contributed by atoms with Crippen LogP contribution in [0.25, 0.3) is 0 Å². The zero-order valence-corrected chi connectivity index (χ0v) is 7.62. The SMILES string of the molecule is NC(=O)CCC(O)Cc1c[nH]c(=O)[nH]1. The second-order valence-corrected chi connectivity index (χ2v) is 3.13. The quantitative estimate of drug-likeness (QED) is 0.481. The molecule has 0 aromatic carbocycles. The molecule has 78 valence electrons. The lowest BCUT2D eigenvalue weighted by Gasteiger charge is -2.06. The molecule has 1 heterocycles. The molecule has 1 amide bonds. The molecule has 6 nitrogen and oxygen atoms in total. The second-order valence-electron chi connectivity index (χ2n) is 3.13. The van der Waals surface area contributed by atoms with Crippen LogP contribution in [0.15, 0.2) is 11.0 Å². The summed E-state index contributed by atoms with van der Waals surface area (Å²) in [6.45, 7) is 0. The molecule has 0 aliphatic carbocycles. The zero-order valence-electron chi connectivity index (χ0n) is 7.62. The van der Waals surface area contributed by atoms with E-state index in [-0.39, 0.29) is 12.1 Å². The Hall–Kier alpha value is -1.56. The Bertz CT molecular complexity index is 355. The van der Waals surface area contributed by atoms with Crippen molar-refractivity contribution in [2.24, 2.45) is 5.73 Å². The lowest BCUT2D eigenvalue weighted by atomic mass is 10.1. The van der Waals surface area contributed by atoms with Gasteiger partial charge in [-0.25, -0.2) is 4.79 Å². The van der Waals surface area contributed by atoms with Gasteiger partial charge in [0.1, 0.15) is 0 Å². The first-order valence-electron chi connectivity index (χ1n) is 4.31. The van der Waals surface area contributed by atoms with Gasteiger partial charge in [-0.2, -0.15) is 0 Å². The molecule has 0 radical (unpaired) electrons. The number of amides is 1. The van der Waals surface area contributed by atoms with Crippen LogP contribution < -0.4 is 11.4 Å². The van der Waals surface area contributed by atoms with Gasteiger partial charge in [-0.15, -0.1) is 0 Å². The fourth-order valence-corrected chi connectivity index (χ4v) is 1.15. The summed E-state index contributed by atoms with van der Waals surface area (Å²) in [6, 6.07) is 0. The van der Waals surface area contributed by atoms with Gasteiger partial charge in [0.15, 0.2) is 0 Å². The van der Waals surface area contributed by atoms with Crippen molar-refractivity contribution in [1.82, 2.24) is 9.97 Å². The maximum atomic E-state index is 10.7. The smallest absolute Gasteiger partial charge is 0.323 e. The van der Waals surface area contributed by atoms with E-state index in [0.29, 0.717) is 18.5 Å². The van der Waals surface area contributed by atoms with Crippen molar-refractivity contribution in [3.05, 3.63) is 22.4 Å². The molecule has 5 N–H and O–H groups in total. The van der Waals surface area contributed by atoms with E-state index in [4.69, 9.17) is 5.73 Å². The summed E-state index contributed by atoms with van der Waals surface area (Å²) in [7, 11) is 0. The number of H-pyrrole nitrogens is 2. The summed E-state index contributed by atoms with van der Waals surface area (Å²) < 4.78 is 0. The molecular formula is C8H13N3O3. The zero-order chi connectivity index (χ0) is 10.6. The molecule has 0 saturated carbocycles. The molecular weight excluding hydrogens is 186 g/mol. The number of aromatic nitrogens is 2. The Morgan fingerprint density at radius 1 is 1.64 bits per heavy atom. The lowest BCUT2D eigenvalue weighted by Crippen LogP contribution is -2.17. The fraction of sp³-hybridized carbons (Fsp3) is 0.500. The van der Waals surface area contributed by atoms with Gasteiger partial charge in [0, 0.05) is 24.7 Å². The highest BCUT2D eigenvalue weighted by molar-refractivity contribution is 5.73. The van der Waals surface area contributed by atoms with Gasteiger partial charge >= 0.3 is 5.69 Å². The molecule has 1 unspecified atom stereocenters. The lowest BCUT2D eigenvalue weighted by molar-refractivity contribution is -0.118. The van der Waals surface area contributed by atoms with Crippen LogP contribution in [0.5, 0.6) is 0 Å². The average molecular weight is 199 g/mol. The molecule has 14 heavy (non-hydrogen) atoms. The summed E-state index contributed by atoms with van der Waals surface area (Å²) in [5.74, 6) is -0.438. The van der Waals surface area contributed by atoms with Crippen molar-refractivity contribution < 1.29 is 9.90 Å². The van der Waals surface area contributed by atoms with Crippen LogP contribution >= 0.6 is 0 Å². The van der Waals surface area contributed by atoms with Crippen LogP contribution in [-0.4, -0.2) is 27.1 Å². The first-order valence-corrected chi connectivity index (χ1v) is 4.31. The largest absolute Gasteiger partial charge is 0.393 e. The molecule has 1 aromatic heterocycles. The van der Waals surface area contributed by atoms with Crippen LogP contribution in [-0.2, 0) is 11.2 Å². The summed E-state index contributed by atoms with van der Waals surface area (Å²) >= 11 is 0. The highest BCUT2D eigenvalue weighted by Gasteiger charge is 2.08. The van der Waals surface area contributed by atoms with E-state index in [1.54, 1.807) is 0 Å². The number of aliphatic hydroxyl groups excluding tert-OH is 1. The first-order chi connectivity index (χ1) is 6.58. The predicted octanol–water partition coefficient (Wildman–Crippen LogP) is -1.13. The number of hydrogen-bond donors (Lipinski definition) is 4. The van der Waals surface area contributed by atoms with Crippen LogP contribution in [0.4, 0.5) is 0 Å². The minimum atomic E-state index is -0.658. The van der Waals surface area contributed by atoms with Crippen LogP contribution in [0.2, 0.25) is 0 Å². The highest BCUT2D eigenvalue weighted by Crippen LogP contribution is 2.02. The van der Waals surface area contributed by atoms with E-state index in [1.807, 2.05) is 0 Å². The number of imidazole rings is 1. The third-order valence-corrected chi connectivity index (χ3v) is 1.83. The Kier molecular flexibility index (Phi) is 3.47. The molecule has 0 spiro atoms. The predicted molar refractivity (Wildman–Crippen MR) is 49.6 cm³/mol. The Morgan fingerprint density at radius 3 is 2.86 bits per heavy atom. The maximum absolute atomic E-state index is 10.7. The maximum Gasteiger partial charge on any atom is 0.323 e. The van der Waals surface area contributed by atoms with Crippen molar-refractivity contribution >= 4 is 5.91 Å². The average Bonchev–Trinajstić information content (AvgIpc) is 2.48. The monoisotopic (exact) mass is 199 g/mol.